The van der Waals surface area contributed by atoms with Crippen LogP contribution in [0.15, 0.2) is 30.7 Å². The number of nitrogens with zero attached hydrogens (tertiary/aromatic N) is 4. The number of rotatable bonds is 5. The summed E-state index contributed by atoms with van der Waals surface area (Å²) >= 11 is 0. The number of aromatic nitrogens is 4. The number of fused-ring (bicyclic) bond motifs is 1. The topological polar surface area (TPSA) is 76.9 Å². The van der Waals surface area contributed by atoms with E-state index in [1.54, 1.807) is 12.3 Å². The second-order valence-electron chi connectivity index (χ2n) is 7.00. The summed E-state index contributed by atoms with van der Waals surface area (Å²) < 4.78 is 22.2. The first-order chi connectivity index (χ1) is 13.1. The maximum atomic E-state index is 14.7. The summed E-state index contributed by atoms with van der Waals surface area (Å²) in [5.41, 5.74) is 1.59. The zero-order valence-corrected chi connectivity index (χ0v) is 15.4. The van der Waals surface area contributed by atoms with E-state index in [9.17, 15) is 4.39 Å². The third-order valence-corrected chi connectivity index (χ3v) is 4.52. The van der Waals surface area contributed by atoms with Gasteiger partial charge in [-0.2, -0.15) is 5.10 Å². The van der Waals surface area contributed by atoms with E-state index in [4.69, 9.17) is 4.74 Å². The molecule has 0 radical (unpaired) electrons. The smallest absolute Gasteiger partial charge is 0.228 e. The largest absolute Gasteiger partial charge is 0.474 e. The zero-order chi connectivity index (χ0) is 18.8. The number of piperidine rings is 1. The highest BCUT2D eigenvalue weighted by molar-refractivity contribution is 5.81. The molecule has 4 rings (SSSR count). The molecule has 1 aromatic carbocycles. The van der Waals surface area contributed by atoms with Gasteiger partial charge in [-0.05, 0) is 58.0 Å². The van der Waals surface area contributed by atoms with Gasteiger partial charge in [0, 0.05) is 11.7 Å². The SMILES string of the molecule is CC(C)Nc1ccc(-n2ncc3c(OC4CCNCC4)ncnc32)c(F)c1. The quantitative estimate of drug-likeness (QED) is 0.719. The van der Waals surface area contributed by atoms with Crippen LogP contribution in [0, 0.1) is 5.82 Å². The predicted octanol–water partition coefficient (Wildman–Crippen LogP) is 2.91. The monoisotopic (exact) mass is 370 g/mol. The van der Waals surface area contributed by atoms with E-state index >= 15 is 0 Å². The average Bonchev–Trinajstić information content (AvgIpc) is 3.07. The van der Waals surface area contributed by atoms with E-state index in [0.717, 1.165) is 31.6 Å². The lowest BCUT2D eigenvalue weighted by Crippen LogP contribution is -2.34. The second-order valence-corrected chi connectivity index (χ2v) is 7.00. The second kappa shape index (κ2) is 7.48. The third kappa shape index (κ3) is 3.71. The highest BCUT2D eigenvalue weighted by Crippen LogP contribution is 2.27. The molecule has 1 fully saturated rings. The number of anilines is 1. The Labute approximate surface area is 157 Å². The first kappa shape index (κ1) is 17.7. The van der Waals surface area contributed by atoms with Gasteiger partial charge in [-0.25, -0.2) is 19.0 Å². The number of ether oxygens (including phenoxy) is 1. The minimum atomic E-state index is -0.370. The highest BCUT2D eigenvalue weighted by atomic mass is 19.1. The van der Waals surface area contributed by atoms with Crippen molar-refractivity contribution in [2.75, 3.05) is 18.4 Å². The Morgan fingerprint density at radius 1 is 1.26 bits per heavy atom. The van der Waals surface area contributed by atoms with Crippen LogP contribution in [0.1, 0.15) is 26.7 Å². The van der Waals surface area contributed by atoms with Gasteiger partial charge in [-0.3, -0.25) is 0 Å². The molecule has 0 saturated carbocycles. The summed E-state index contributed by atoms with van der Waals surface area (Å²) in [6.45, 7) is 5.88. The van der Waals surface area contributed by atoms with Crippen molar-refractivity contribution in [3.63, 3.8) is 0 Å². The molecule has 2 N–H and O–H groups in total. The normalized spacial score (nSPS) is 15.4. The molecule has 0 atom stereocenters. The van der Waals surface area contributed by atoms with Gasteiger partial charge >= 0.3 is 0 Å². The Kier molecular flexibility index (Phi) is 4.89. The van der Waals surface area contributed by atoms with E-state index in [1.165, 1.54) is 17.1 Å². The van der Waals surface area contributed by atoms with Gasteiger partial charge in [-0.1, -0.05) is 0 Å². The molecule has 1 aliphatic rings. The molecule has 1 aliphatic heterocycles. The molecule has 0 aliphatic carbocycles. The number of hydrogen-bond donors (Lipinski definition) is 2. The molecule has 0 bridgehead atoms. The molecule has 0 spiro atoms. The van der Waals surface area contributed by atoms with Crippen molar-refractivity contribution in [3.05, 3.63) is 36.5 Å². The lowest BCUT2D eigenvalue weighted by Gasteiger charge is -2.23. The van der Waals surface area contributed by atoms with Crippen molar-refractivity contribution in [2.45, 2.75) is 38.8 Å². The lowest BCUT2D eigenvalue weighted by molar-refractivity contribution is 0.158. The highest BCUT2D eigenvalue weighted by Gasteiger charge is 2.19. The third-order valence-electron chi connectivity index (χ3n) is 4.52. The fourth-order valence-electron chi connectivity index (χ4n) is 3.27. The summed E-state index contributed by atoms with van der Waals surface area (Å²) in [5, 5.41) is 11.5. The van der Waals surface area contributed by atoms with Crippen molar-refractivity contribution in [1.82, 2.24) is 25.1 Å². The van der Waals surface area contributed by atoms with E-state index in [-0.39, 0.29) is 18.0 Å². The summed E-state index contributed by atoms with van der Waals surface area (Å²) in [6, 6.07) is 5.22. The molecule has 27 heavy (non-hydrogen) atoms. The van der Waals surface area contributed by atoms with Crippen LogP contribution < -0.4 is 15.4 Å². The summed E-state index contributed by atoms with van der Waals surface area (Å²) in [4.78, 5) is 8.56. The van der Waals surface area contributed by atoms with Crippen LogP contribution in [0.5, 0.6) is 5.88 Å². The summed E-state index contributed by atoms with van der Waals surface area (Å²) in [5.74, 6) is 0.127. The minimum Gasteiger partial charge on any atom is -0.474 e. The van der Waals surface area contributed by atoms with Crippen molar-refractivity contribution >= 4 is 16.7 Å². The average molecular weight is 370 g/mol. The molecule has 142 valence electrons. The van der Waals surface area contributed by atoms with Gasteiger partial charge in [0.05, 0.1) is 6.20 Å². The Morgan fingerprint density at radius 2 is 2.07 bits per heavy atom. The molecule has 0 amide bonds. The molecule has 3 heterocycles. The van der Waals surface area contributed by atoms with Gasteiger partial charge in [0.15, 0.2) is 11.5 Å². The molecular weight excluding hydrogens is 347 g/mol. The van der Waals surface area contributed by atoms with Crippen molar-refractivity contribution in [1.29, 1.82) is 0 Å². The van der Waals surface area contributed by atoms with E-state index in [1.807, 2.05) is 19.9 Å². The maximum Gasteiger partial charge on any atom is 0.228 e. The van der Waals surface area contributed by atoms with E-state index in [2.05, 4.69) is 25.7 Å². The number of nitrogens with one attached hydrogen (secondary N) is 2. The fraction of sp³-hybridized carbons (Fsp3) is 0.421. The van der Waals surface area contributed by atoms with Gasteiger partial charge < -0.3 is 15.4 Å². The van der Waals surface area contributed by atoms with Crippen LogP contribution >= 0.6 is 0 Å². The number of halogens is 1. The van der Waals surface area contributed by atoms with Crippen LogP contribution in [-0.4, -0.2) is 45.0 Å². The van der Waals surface area contributed by atoms with Crippen LogP contribution in [0.4, 0.5) is 10.1 Å². The predicted molar refractivity (Wildman–Crippen MR) is 102 cm³/mol. The molecule has 3 aromatic rings. The van der Waals surface area contributed by atoms with Gasteiger partial charge in [0.2, 0.25) is 5.88 Å². The van der Waals surface area contributed by atoms with E-state index < -0.39 is 0 Å². The molecule has 1 saturated heterocycles. The Morgan fingerprint density at radius 3 is 2.81 bits per heavy atom. The molecule has 0 unspecified atom stereocenters. The van der Waals surface area contributed by atoms with Gasteiger partial charge in [-0.15, -0.1) is 0 Å². The van der Waals surface area contributed by atoms with Crippen LogP contribution in [0.3, 0.4) is 0 Å². The van der Waals surface area contributed by atoms with Gasteiger partial charge in [0.25, 0.3) is 0 Å². The first-order valence-electron chi connectivity index (χ1n) is 9.24. The van der Waals surface area contributed by atoms with Crippen LogP contribution in [0.2, 0.25) is 0 Å². The van der Waals surface area contributed by atoms with Crippen molar-refractivity contribution < 1.29 is 9.13 Å². The standard InChI is InChI=1S/C19H23FN6O/c1-12(2)25-13-3-4-17(16(20)9-13)26-18-15(10-24-26)19(23-11-22-18)27-14-5-7-21-8-6-14/h3-4,9-12,14,21,25H,5-8H2,1-2H3. The Balaban J connectivity index is 1.66. The molecule has 8 heteroatoms. The van der Waals surface area contributed by atoms with E-state index in [0.29, 0.717) is 22.6 Å². The van der Waals surface area contributed by atoms with Crippen LogP contribution in [-0.2, 0) is 0 Å². The maximum absolute atomic E-state index is 14.7. The van der Waals surface area contributed by atoms with Crippen LogP contribution in [0.25, 0.3) is 16.7 Å². The first-order valence-corrected chi connectivity index (χ1v) is 9.24. The number of benzene rings is 1. The summed E-state index contributed by atoms with van der Waals surface area (Å²) in [6.07, 6.45) is 5.04. The van der Waals surface area contributed by atoms with Crippen molar-refractivity contribution in [2.24, 2.45) is 0 Å². The Bertz CT molecular complexity index is 935. The zero-order valence-electron chi connectivity index (χ0n) is 15.4. The van der Waals surface area contributed by atoms with Crippen molar-refractivity contribution in [3.8, 4) is 11.6 Å². The summed E-state index contributed by atoms with van der Waals surface area (Å²) in [7, 11) is 0. The lowest BCUT2D eigenvalue weighted by atomic mass is 10.1. The molecule has 7 nitrogen and oxygen atoms in total. The molecular formula is C19H23FN6O. The number of hydrogen-bond acceptors (Lipinski definition) is 6. The van der Waals surface area contributed by atoms with Gasteiger partial charge in [0.1, 0.15) is 23.5 Å². The minimum absolute atomic E-state index is 0.117. The Hall–Kier alpha value is -2.74. The molecule has 2 aromatic heterocycles. The fourth-order valence-corrected chi connectivity index (χ4v) is 3.27.